The molecule has 1 aliphatic heterocycles. The molecule has 2 heteroatoms. The van der Waals surface area contributed by atoms with Gasteiger partial charge in [0.1, 0.15) is 5.78 Å². The first-order valence-electron chi connectivity index (χ1n) is 6.28. The molecule has 88 valence electrons. The SMILES string of the molecule is CCCCC(=O)[C@@H]1CCS[C@@](C)(CC)C1. The molecule has 0 aromatic rings. The van der Waals surface area contributed by atoms with Gasteiger partial charge in [0.2, 0.25) is 0 Å². The van der Waals surface area contributed by atoms with E-state index in [9.17, 15) is 4.79 Å². The Balaban J connectivity index is 2.45. The molecule has 0 aliphatic carbocycles. The van der Waals surface area contributed by atoms with E-state index in [1.54, 1.807) is 0 Å². The maximum atomic E-state index is 12.0. The Kier molecular flexibility index (Phi) is 5.17. The van der Waals surface area contributed by atoms with E-state index in [4.69, 9.17) is 0 Å². The van der Waals surface area contributed by atoms with Gasteiger partial charge in [-0.15, -0.1) is 0 Å². The van der Waals surface area contributed by atoms with Crippen molar-refractivity contribution in [1.29, 1.82) is 0 Å². The van der Waals surface area contributed by atoms with Crippen LogP contribution in [-0.4, -0.2) is 16.3 Å². The zero-order valence-electron chi connectivity index (χ0n) is 10.3. The number of rotatable bonds is 5. The van der Waals surface area contributed by atoms with Gasteiger partial charge in [0.25, 0.3) is 0 Å². The molecule has 15 heavy (non-hydrogen) atoms. The van der Waals surface area contributed by atoms with Crippen LogP contribution in [0.4, 0.5) is 0 Å². The fourth-order valence-electron chi connectivity index (χ4n) is 2.21. The van der Waals surface area contributed by atoms with Crippen LogP contribution in [0.25, 0.3) is 0 Å². The summed E-state index contributed by atoms with van der Waals surface area (Å²) < 4.78 is 0.366. The summed E-state index contributed by atoms with van der Waals surface area (Å²) in [6, 6.07) is 0. The Morgan fingerprint density at radius 1 is 1.47 bits per heavy atom. The molecule has 0 spiro atoms. The Labute approximate surface area is 98.4 Å². The minimum Gasteiger partial charge on any atom is -0.299 e. The second kappa shape index (κ2) is 5.93. The van der Waals surface area contributed by atoms with Gasteiger partial charge < -0.3 is 0 Å². The van der Waals surface area contributed by atoms with Gasteiger partial charge >= 0.3 is 0 Å². The summed E-state index contributed by atoms with van der Waals surface area (Å²) >= 11 is 2.06. The molecule has 1 aliphatic rings. The maximum absolute atomic E-state index is 12.0. The van der Waals surface area contributed by atoms with Crippen LogP contribution in [0, 0.1) is 5.92 Å². The lowest BCUT2D eigenvalue weighted by atomic mass is 9.86. The number of hydrogen-bond donors (Lipinski definition) is 0. The van der Waals surface area contributed by atoms with E-state index in [-0.39, 0.29) is 0 Å². The molecule has 0 aromatic carbocycles. The molecule has 0 amide bonds. The van der Waals surface area contributed by atoms with Crippen LogP contribution >= 0.6 is 11.8 Å². The molecule has 2 atom stereocenters. The summed E-state index contributed by atoms with van der Waals surface area (Å²) in [5, 5.41) is 0. The third-order valence-electron chi connectivity index (χ3n) is 3.57. The van der Waals surface area contributed by atoms with Crippen molar-refractivity contribution in [2.75, 3.05) is 5.75 Å². The Bertz CT molecular complexity index is 215. The lowest BCUT2D eigenvalue weighted by Gasteiger charge is -2.36. The predicted octanol–water partition coefficient (Wildman–Crippen LogP) is 4.06. The third kappa shape index (κ3) is 3.82. The fraction of sp³-hybridized carbons (Fsp3) is 0.923. The van der Waals surface area contributed by atoms with Crippen LogP contribution in [0.2, 0.25) is 0 Å². The van der Waals surface area contributed by atoms with Gasteiger partial charge in [0, 0.05) is 17.1 Å². The number of carbonyl (C=O) groups excluding carboxylic acids is 1. The number of carbonyl (C=O) groups is 1. The van der Waals surface area contributed by atoms with Crippen LogP contribution < -0.4 is 0 Å². The normalized spacial score (nSPS) is 31.5. The molecule has 1 rings (SSSR count). The number of hydrogen-bond acceptors (Lipinski definition) is 2. The van der Waals surface area contributed by atoms with E-state index < -0.39 is 0 Å². The molecule has 1 fully saturated rings. The van der Waals surface area contributed by atoms with Gasteiger partial charge in [-0.2, -0.15) is 11.8 Å². The summed E-state index contributed by atoms with van der Waals surface area (Å²) in [7, 11) is 0. The minimum absolute atomic E-state index is 0.364. The van der Waals surface area contributed by atoms with Gasteiger partial charge in [-0.3, -0.25) is 4.79 Å². The summed E-state index contributed by atoms with van der Waals surface area (Å²) in [6.07, 6.45) is 6.43. The van der Waals surface area contributed by atoms with Crippen molar-refractivity contribution in [3.05, 3.63) is 0 Å². The fourth-order valence-corrected chi connectivity index (χ4v) is 3.62. The van der Waals surface area contributed by atoms with Crippen molar-refractivity contribution in [3.63, 3.8) is 0 Å². The molecule has 1 nitrogen and oxygen atoms in total. The molecule has 0 N–H and O–H groups in total. The van der Waals surface area contributed by atoms with E-state index in [0.717, 1.165) is 32.1 Å². The second-order valence-corrected chi connectivity index (χ2v) is 6.59. The zero-order valence-corrected chi connectivity index (χ0v) is 11.2. The van der Waals surface area contributed by atoms with Crippen molar-refractivity contribution in [3.8, 4) is 0 Å². The summed E-state index contributed by atoms with van der Waals surface area (Å²) in [5.74, 6) is 2.06. The van der Waals surface area contributed by atoms with E-state index >= 15 is 0 Å². The predicted molar refractivity (Wildman–Crippen MR) is 68.4 cm³/mol. The first-order chi connectivity index (χ1) is 7.11. The molecule has 0 radical (unpaired) electrons. The van der Waals surface area contributed by atoms with Crippen molar-refractivity contribution < 1.29 is 4.79 Å². The van der Waals surface area contributed by atoms with Crippen LogP contribution in [0.5, 0.6) is 0 Å². The van der Waals surface area contributed by atoms with E-state index in [1.807, 2.05) is 0 Å². The highest BCUT2D eigenvalue weighted by molar-refractivity contribution is 8.00. The van der Waals surface area contributed by atoms with Crippen molar-refractivity contribution in [1.82, 2.24) is 0 Å². The van der Waals surface area contributed by atoms with Crippen LogP contribution in [0.1, 0.15) is 59.3 Å². The van der Waals surface area contributed by atoms with Crippen LogP contribution in [-0.2, 0) is 4.79 Å². The Morgan fingerprint density at radius 3 is 2.80 bits per heavy atom. The molecule has 1 saturated heterocycles. The Morgan fingerprint density at radius 2 is 2.20 bits per heavy atom. The van der Waals surface area contributed by atoms with Crippen LogP contribution in [0.3, 0.4) is 0 Å². The average Bonchev–Trinajstić information content (AvgIpc) is 2.26. The lowest BCUT2D eigenvalue weighted by Crippen LogP contribution is -2.32. The molecular formula is C13H24OS. The van der Waals surface area contributed by atoms with E-state index in [1.165, 1.54) is 12.2 Å². The Hall–Kier alpha value is 0.0200. The van der Waals surface area contributed by atoms with E-state index in [0.29, 0.717) is 16.4 Å². The first-order valence-corrected chi connectivity index (χ1v) is 7.26. The highest BCUT2D eigenvalue weighted by atomic mass is 32.2. The van der Waals surface area contributed by atoms with Gasteiger partial charge in [0.15, 0.2) is 0 Å². The standard InChI is InChI=1S/C13H24OS/c1-4-6-7-12(14)11-8-9-15-13(3,5-2)10-11/h11H,4-10H2,1-3H3/t11-,13+/m1/s1. The highest BCUT2D eigenvalue weighted by Gasteiger charge is 2.34. The van der Waals surface area contributed by atoms with Gasteiger partial charge in [0.05, 0.1) is 0 Å². The largest absolute Gasteiger partial charge is 0.299 e. The lowest BCUT2D eigenvalue weighted by molar-refractivity contribution is -0.123. The molecule has 0 bridgehead atoms. The number of unbranched alkanes of at least 4 members (excludes halogenated alkanes) is 1. The topological polar surface area (TPSA) is 17.1 Å². The first kappa shape index (κ1) is 13.1. The monoisotopic (exact) mass is 228 g/mol. The maximum Gasteiger partial charge on any atom is 0.136 e. The average molecular weight is 228 g/mol. The highest BCUT2D eigenvalue weighted by Crippen LogP contribution is 2.41. The number of thioether (sulfide) groups is 1. The van der Waals surface area contributed by atoms with Crippen molar-refractivity contribution >= 4 is 17.5 Å². The third-order valence-corrected chi connectivity index (χ3v) is 5.17. The number of ketones is 1. The molecule has 0 aromatic heterocycles. The molecule has 0 unspecified atom stereocenters. The van der Waals surface area contributed by atoms with Gasteiger partial charge in [-0.05, 0) is 31.4 Å². The molecular weight excluding hydrogens is 204 g/mol. The second-order valence-electron chi connectivity index (χ2n) is 4.91. The van der Waals surface area contributed by atoms with Gasteiger partial charge in [-0.25, -0.2) is 0 Å². The molecule has 0 saturated carbocycles. The zero-order chi connectivity index (χ0) is 11.3. The molecule has 1 heterocycles. The van der Waals surface area contributed by atoms with E-state index in [2.05, 4.69) is 32.5 Å². The van der Waals surface area contributed by atoms with Gasteiger partial charge in [-0.1, -0.05) is 27.2 Å². The number of Topliss-reactive ketones (excluding diaryl/α,β-unsaturated/α-hetero) is 1. The van der Waals surface area contributed by atoms with Crippen LogP contribution in [0.15, 0.2) is 0 Å². The quantitative estimate of drug-likeness (QED) is 0.706. The smallest absolute Gasteiger partial charge is 0.136 e. The van der Waals surface area contributed by atoms with Crippen molar-refractivity contribution in [2.24, 2.45) is 5.92 Å². The summed E-state index contributed by atoms with van der Waals surface area (Å²) in [5.41, 5.74) is 0. The van der Waals surface area contributed by atoms with Crippen molar-refractivity contribution in [2.45, 2.75) is 64.0 Å². The summed E-state index contributed by atoms with van der Waals surface area (Å²) in [6.45, 7) is 6.71. The summed E-state index contributed by atoms with van der Waals surface area (Å²) in [4.78, 5) is 12.0. The minimum atomic E-state index is 0.364.